The average molecular weight is 211 g/mol. The van der Waals surface area contributed by atoms with Crippen LogP contribution in [0.2, 0.25) is 0 Å². The van der Waals surface area contributed by atoms with Crippen LogP contribution in [-0.4, -0.2) is 35.1 Å². The van der Waals surface area contributed by atoms with Crippen molar-refractivity contribution in [2.24, 2.45) is 5.92 Å². The summed E-state index contributed by atoms with van der Waals surface area (Å²) in [6.45, 7) is 2.50. The highest BCUT2D eigenvalue weighted by molar-refractivity contribution is 5.66. The van der Waals surface area contributed by atoms with Gasteiger partial charge in [0.05, 0.1) is 0 Å². The first kappa shape index (κ1) is 10.9. The normalized spacial score (nSPS) is 35.1. The summed E-state index contributed by atoms with van der Waals surface area (Å²) in [6.07, 6.45) is 7.71. The molecule has 3 nitrogen and oxygen atoms in total. The highest BCUT2D eigenvalue weighted by atomic mass is 16.4. The van der Waals surface area contributed by atoms with E-state index in [1.807, 2.05) is 0 Å². The summed E-state index contributed by atoms with van der Waals surface area (Å²) in [5.74, 6) is 0.280. The van der Waals surface area contributed by atoms with Crippen LogP contribution >= 0.6 is 0 Å². The zero-order chi connectivity index (χ0) is 10.7. The molecule has 0 aromatic heterocycles. The molecule has 3 atom stereocenters. The number of nitrogens with zero attached hydrogens (tertiary/aromatic N) is 1. The number of hydrogen-bond donors (Lipinski definition) is 1. The third-order valence-corrected chi connectivity index (χ3v) is 3.93. The third kappa shape index (κ3) is 2.94. The number of fused-ring (bicyclic) bond motifs is 4. The Bertz CT molecular complexity index is 226. The lowest BCUT2D eigenvalue weighted by molar-refractivity contribution is -0.137. The Morgan fingerprint density at radius 3 is 3.00 bits per heavy atom. The van der Waals surface area contributed by atoms with Crippen molar-refractivity contribution >= 4 is 5.97 Å². The van der Waals surface area contributed by atoms with Gasteiger partial charge in [-0.1, -0.05) is 0 Å². The largest absolute Gasteiger partial charge is 0.481 e. The highest BCUT2D eigenvalue weighted by Crippen LogP contribution is 2.32. The van der Waals surface area contributed by atoms with Gasteiger partial charge < -0.3 is 10.0 Å². The second-order valence-corrected chi connectivity index (χ2v) is 5.01. The van der Waals surface area contributed by atoms with Crippen molar-refractivity contribution in [2.45, 2.75) is 51.0 Å². The first-order valence-corrected chi connectivity index (χ1v) is 6.21. The first-order valence-electron chi connectivity index (χ1n) is 6.21. The van der Waals surface area contributed by atoms with E-state index in [0.29, 0.717) is 12.5 Å². The van der Waals surface area contributed by atoms with Crippen LogP contribution in [0.4, 0.5) is 0 Å². The van der Waals surface area contributed by atoms with Gasteiger partial charge in [0.2, 0.25) is 0 Å². The molecule has 3 rings (SSSR count). The molecule has 3 aliphatic heterocycles. The van der Waals surface area contributed by atoms with Gasteiger partial charge in [0.25, 0.3) is 0 Å². The predicted molar refractivity (Wildman–Crippen MR) is 58.8 cm³/mol. The van der Waals surface area contributed by atoms with E-state index < -0.39 is 5.97 Å². The lowest BCUT2D eigenvalue weighted by atomic mass is 9.88. The van der Waals surface area contributed by atoms with Crippen LogP contribution in [0.3, 0.4) is 0 Å². The van der Waals surface area contributed by atoms with Crippen molar-refractivity contribution in [1.29, 1.82) is 0 Å². The van der Waals surface area contributed by atoms with E-state index in [4.69, 9.17) is 5.11 Å². The van der Waals surface area contributed by atoms with Crippen molar-refractivity contribution in [1.82, 2.24) is 4.90 Å². The standard InChI is InChI=1S/C12H21NO2/c14-12(15)5-1-4-11-9-10-3-2-7-13(11)8-6-10/h10-11H,1-9H2,(H,14,15). The van der Waals surface area contributed by atoms with Crippen LogP contribution in [0.15, 0.2) is 0 Å². The first-order chi connectivity index (χ1) is 7.25. The minimum atomic E-state index is -0.649. The van der Waals surface area contributed by atoms with Crippen molar-refractivity contribution in [3.8, 4) is 0 Å². The fraction of sp³-hybridized carbons (Fsp3) is 0.917. The second kappa shape index (κ2) is 4.97. The minimum absolute atomic E-state index is 0.342. The number of piperidine rings is 1. The molecule has 86 valence electrons. The second-order valence-electron chi connectivity index (χ2n) is 5.01. The zero-order valence-corrected chi connectivity index (χ0v) is 9.32. The smallest absolute Gasteiger partial charge is 0.303 e. The Balaban J connectivity index is 1.79. The molecule has 3 aliphatic rings. The van der Waals surface area contributed by atoms with Crippen molar-refractivity contribution in [2.75, 3.05) is 13.1 Å². The molecule has 3 unspecified atom stereocenters. The lowest BCUT2D eigenvalue weighted by Gasteiger charge is -2.36. The molecule has 3 fully saturated rings. The van der Waals surface area contributed by atoms with E-state index in [9.17, 15) is 4.79 Å². The van der Waals surface area contributed by atoms with Gasteiger partial charge in [0, 0.05) is 12.5 Å². The molecule has 3 heteroatoms. The maximum atomic E-state index is 10.5. The maximum Gasteiger partial charge on any atom is 0.303 e. The van der Waals surface area contributed by atoms with Crippen LogP contribution in [0.5, 0.6) is 0 Å². The summed E-state index contributed by atoms with van der Waals surface area (Å²) in [5.41, 5.74) is 0. The Morgan fingerprint density at radius 1 is 1.33 bits per heavy atom. The maximum absolute atomic E-state index is 10.5. The third-order valence-electron chi connectivity index (χ3n) is 3.93. The van der Waals surface area contributed by atoms with E-state index in [0.717, 1.165) is 18.8 Å². The fourth-order valence-corrected chi connectivity index (χ4v) is 3.11. The van der Waals surface area contributed by atoms with Crippen LogP contribution < -0.4 is 0 Å². The zero-order valence-electron chi connectivity index (χ0n) is 9.32. The molecule has 0 spiro atoms. The van der Waals surface area contributed by atoms with Crippen LogP contribution in [0.25, 0.3) is 0 Å². The average Bonchev–Trinajstić information content (AvgIpc) is 2.51. The number of carboxylic acid groups (broad SMARTS) is 1. The topological polar surface area (TPSA) is 40.5 Å². The summed E-state index contributed by atoms with van der Waals surface area (Å²) < 4.78 is 0. The number of hydrogen-bond acceptors (Lipinski definition) is 2. The van der Waals surface area contributed by atoms with Crippen molar-refractivity contribution in [3.05, 3.63) is 0 Å². The van der Waals surface area contributed by atoms with E-state index in [1.165, 1.54) is 38.8 Å². The number of aliphatic carboxylic acids is 1. The minimum Gasteiger partial charge on any atom is -0.481 e. The van der Waals surface area contributed by atoms with Crippen LogP contribution in [0, 0.1) is 5.92 Å². The molecule has 3 heterocycles. The Kier molecular flexibility index (Phi) is 3.62. The van der Waals surface area contributed by atoms with E-state index in [-0.39, 0.29) is 0 Å². The molecule has 0 radical (unpaired) electrons. The van der Waals surface area contributed by atoms with E-state index >= 15 is 0 Å². The monoisotopic (exact) mass is 211 g/mol. The van der Waals surface area contributed by atoms with Gasteiger partial charge in [-0.3, -0.25) is 4.79 Å². The molecule has 0 aliphatic carbocycles. The Morgan fingerprint density at radius 2 is 2.20 bits per heavy atom. The molecule has 0 amide bonds. The summed E-state index contributed by atoms with van der Waals surface area (Å²) in [6, 6.07) is 0.686. The quantitative estimate of drug-likeness (QED) is 0.774. The number of carboxylic acids is 1. The molecule has 3 saturated heterocycles. The summed E-state index contributed by atoms with van der Waals surface area (Å²) in [5, 5.41) is 8.62. The van der Waals surface area contributed by atoms with Crippen molar-refractivity contribution in [3.63, 3.8) is 0 Å². The van der Waals surface area contributed by atoms with Gasteiger partial charge in [0.1, 0.15) is 0 Å². The molecule has 15 heavy (non-hydrogen) atoms. The molecule has 0 saturated carbocycles. The van der Waals surface area contributed by atoms with Crippen LogP contribution in [-0.2, 0) is 4.79 Å². The molecule has 0 aromatic rings. The van der Waals surface area contributed by atoms with Crippen LogP contribution in [0.1, 0.15) is 44.9 Å². The SMILES string of the molecule is O=C(O)CCCC1CC2CCCN1CC2. The van der Waals surface area contributed by atoms with Gasteiger partial charge in [0.15, 0.2) is 0 Å². The number of carbonyl (C=O) groups is 1. The molecule has 0 aromatic carbocycles. The highest BCUT2D eigenvalue weighted by Gasteiger charge is 2.30. The van der Waals surface area contributed by atoms with Gasteiger partial charge in [-0.2, -0.15) is 0 Å². The van der Waals surface area contributed by atoms with Gasteiger partial charge in [-0.15, -0.1) is 0 Å². The molecular weight excluding hydrogens is 190 g/mol. The predicted octanol–water partition coefficient (Wildman–Crippen LogP) is 2.12. The Labute approximate surface area is 91.5 Å². The Hall–Kier alpha value is -0.570. The van der Waals surface area contributed by atoms with E-state index in [1.54, 1.807) is 0 Å². The summed E-state index contributed by atoms with van der Waals surface area (Å²) >= 11 is 0. The van der Waals surface area contributed by atoms with E-state index in [2.05, 4.69) is 4.90 Å². The summed E-state index contributed by atoms with van der Waals surface area (Å²) in [7, 11) is 0. The lowest BCUT2D eigenvalue weighted by Crippen LogP contribution is -2.40. The van der Waals surface area contributed by atoms with Gasteiger partial charge in [-0.25, -0.2) is 0 Å². The molecular formula is C12H21NO2. The molecule has 2 bridgehead atoms. The van der Waals surface area contributed by atoms with Gasteiger partial charge in [-0.05, 0) is 57.5 Å². The van der Waals surface area contributed by atoms with Crippen molar-refractivity contribution < 1.29 is 9.90 Å². The van der Waals surface area contributed by atoms with Gasteiger partial charge >= 0.3 is 5.97 Å². The fourth-order valence-electron chi connectivity index (χ4n) is 3.11. The molecule has 1 N–H and O–H groups in total. The summed E-state index contributed by atoms with van der Waals surface area (Å²) in [4.78, 5) is 13.0. The number of rotatable bonds is 4.